The number of benzene rings is 4. The van der Waals surface area contributed by atoms with Crippen molar-refractivity contribution in [1.82, 2.24) is 9.55 Å². The molecule has 4 heterocycles. The Labute approximate surface area is 309 Å². The van der Waals surface area contributed by atoms with Gasteiger partial charge in [-0.25, -0.2) is 9.78 Å². The number of ether oxygens (including phenoxy) is 3. The van der Waals surface area contributed by atoms with Crippen LogP contribution in [-0.2, 0) is 28.3 Å². The predicted octanol–water partition coefficient (Wildman–Crippen LogP) is 7.65. The van der Waals surface area contributed by atoms with Crippen LogP contribution in [0.5, 0.6) is 17.2 Å². The Morgan fingerprint density at radius 2 is 1.72 bits per heavy atom. The molecule has 54 heavy (non-hydrogen) atoms. The zero-order chi connectivity index (χ0) is 37.9. The number of carbonyl (C=O) groups excluding carboxylic acids is 1. The van der Waals surface area contributed by atoms with Crippen LogP contribution >= 0.6 is 0 Å². The molecule has 272 valence electrons. The highest BCUT2D eigenvalue weighted by Gasteiger charge is 2.45. The van der Waals surface area contributed by atoms with Gasteiger partial charge >= 0.3 is 11.7 Å². The molecule has 2 atom stereocenters. The van der Waals surface area contributed by atoms with Crippen LogP contribution in [0.25, 0.3) is 33.4 Å². The second-order valence-electron chi connectivity index (χ2n) is 13.7. The molecule has 0 radical (unpaired) electrons. The molecule has 0 fully saturated rings. The summed E-state index contributed by atoms with van der Waals surface area (Å²) in [4.78, 5) is 44.7. The van der Waals surface area contributed by atoms with E-state index in [0.29, 0.717) is 34.0 Å². The highest BCUT2D eigenvalue weighted by Crippen LogP contribution is 2.43. The number of nitro groups is 1. The topological polar surface area (TPSA) is 146 Å². The Morgan fingerprint density at radius 3 is 2.43 bits per heavy atom. The molecule has 4 aromatic carbocycles. The van der Waals surface area contributed by atoms with Crippen molar-refractivity contribution in [2.75, 3.05) is 19.0 Å². The predicted molar refractivity (Wildman–Crippen MR) is 203 cm³/mol. The molecule has 2 aliphatic rings. The minimum absolute atomic E-state index is 0.0598. The summed E-state index contributed by atoms with van der Waals surface area (Å²) in [5.74, 6) is 0.345. The minimum Gasteiger partial charge on any atom is -0.484 e. The number of nitrogens with zero attached hydrogens (tertiary/aromatic N) is 4. The van der Waals surface area contributed by atoms with Gasteiger partial charge in [0.05, 0.1) is 39.6 Å². The summed E-state index contributed by atoms with van der Waals surface area (Å²) < 4.78 is 19.4. The minimum atomic E-state index is -1.91. The number of esters is 1. The molecule has 6 aromatic rings. The number of pyridine rings is 2. The molecule has 2 aliphatic heterocycles. The quantitative estimate of drug-likeness (QED) is 0.0895. The standard InChI is InChI=1S/C42H36N4O8/c1-5-42(49)32-21-35-38-28(22-45(35)40(47)31(32)23-52-41(42)48)19-30-33(43-38)16-18-36(39(30)44(3)4)53-24(2)27-13-17-34(46(50)51)37(20-27)54-29-14-11-26(12-15-29)25-9-7-6-8-10-25/h6-21,24,49H,5,22-23H2,1-4H3. The first-order valence-electron chi connectivity index (χ1n) is 17.6. The van der Waals surface area contributed by atoms with Crippen LogP contribution in [0.3, 0.4) is 0 Å². The highest BCUT2D eigenvalue weighted by molar-refractivity contribution is 5.97. The Hall–Kier alpha value is -6.53. The molecule has 2 aromatic heterocycles. The molecule has 0 spiro atoms. The van der Waals surface area contributed by atoms with Crippen molar-refractivity contribution >= 4 is 28.2 Å². The fourth-order valence-electron chi connectivity index (χ4n) is 7.32. The molecule has 0 saturated heterocycles. The van der Waals surface area contributed by atoms with Gasteiger partial charge in [-0.05, 0) is 78.6 Å². The molecule has 0 bridgehead atoms. The van der Waals surface area contributed by atoms with E-state index in [-0.39, 0.29) is 47.7 Å². The Bertz CT molecular complexity index is 2550. The lowest BCUT2D eigenvalue weighted by atomic mass is 9.86. The zero-order valence-electron chi connectivity index (χ0n) is 30.0. The maximum atomic E-state index is 13.7. The van der Waals surface area contributed by atoms with E-state index < -0.39 is 22.6 Å². The van der Waals surface area contributed by atoms with Gasteiger partial charge in [0.2, 0.25) is 5.75 Å². The fourth-order valence-corrected chi connectivity index (χ4v) is 7.32. The smallest absolute Gasteiger partial charge is 0.343 e. The van der Waals surface area contributed by atoms with Crippen LogP contribution in [0.4, 0.5) is 11.4 Å². The van der Waals surface area contributed by atoms with Gasteiger partial charge in [-0.15, -0.1) is 0 Å². The van der Waals surface area contributed by atoms with Gasteiger partial charge < -0.3 is 28.8 Å². The zero-order valence-corrected chi connectivity index (χ0v) is 30.0. The molecule has 1 N–H and O–H groups in total. The van der Waals surface area contributed by atoms with Gasteiger partial charge in [0.1, 0.15) is 24.2 Å². The van der Waals surface area contributed by atoms with Crippen LogP contribution in [0.15, 0.2) is 102 Å². The molecule has 8 rings (SSSR count). The van der Waals surface area contributed by atoms with E-state index in [4.69, 9.17) is 19.2 Å². The maximum Gasteiger partial charge on any atom is 0.343 e. The Balaban J connectivity index is 1.11. The number of anilines is 1. The first kappa shape index (κ1) is 34.6. The maximum absolute atomic E-state index is 13.7. The van der Waals surface area contributed by atoms with Crippen molar-refractivity contribution in [3.63, 3.8) is 0 Å². The molecule has 0 amide bonds. The van der Waals surface area contributed by atoms with E-state index in [0.717, 1.165) is 27.8 Å². The van der Waals surface area contributed by atoms with Crippen LogP contribution in [0.2, 0.25) is 0 Å². The van der Waals surface area contributed by atoms with Crippen molar-refractivity contribution in [2.45, 2.75) is 45.1 Å². The van der Waals surface area contributed by atoms with Gasteiger partial charge in [0.15, 0.2) is 5.60 Å². The second kappa shape index (κ2) is 13.2. The van der Waals surface area contributed by atoms with Gasteiger partial charge in [-0.2, -0.15) is 0 Å². The molecule has 12 heteroatoms. The molecular formula is C42H36N4O8. The van der Waals surface area contributed by atoms with Gasteiger partial charge in [-0.3, -0.25) is 14.9 Å². The number of fused-ring (bicyclic) bond motifs is 5. The average molecular weight is 725 g/mol. The van der Waals surface area contributed by atoms with Crippen molar-refractivity contribution in [2.24, 2.45) is 0 Å². The number of nitro benzene ring substituents is 1. The summed E-state index contributed by atoms with van der Waals surface area (Å²) in [6.45, 7) is 3.59. The number of aromatic nitrogens is 2. The normalized spacial score (nSPS) is 16.2. The average Bonchev–Trinajstić information content (AvgIpc) is 3.53. The third kappa shape index (κ3) is 5.71. The van der Waals surface area contributed by atoms with Crippen molar-refractivity contribution in [3.8, 4) is 39.8 Å². The van der Waals surface area contributed by atoms with E-state index in [1.807, 2.05) is 86.6 Å². The van der Waals surface area contributed by atoms with E-state index in [2.05, 4.69) is 0 Å². The van der Waals surface area contributed by atoms with E-state index >= 15 is 0 Å². The fraction of sp³-hybridized carbons (Fsp3) is 0.214. The summed E-state index contributed by atoms with van der Waals surface area (Å²) in [7, 11) is 3.80. The SMILES string of the molecule is CCC1(O)C(=O)OCc2c1cc1n(c2=O)Cc2cc3c(N(C)C)c(OC(C)c4ccc([N+](=O)[O-])c(Oc5ccc(-c6ccccc6)cc5)c4)ccc3nc2-1. The van der Waals surface area contributed by atoms with Crippen molar-refractivity contribution in [1.29, 1.82) is 0 Å². The Morgan fingerprint density at radius 1 is 0.981 bits per heavy atom. The molecule has 2 unspecified atom stereocenters. The van der Waals surface area contributed by atoms with E-state index in [1.165, 1.54) is 6.07 Å². The van der Waals surface area contributed by atoms with E-state index in [9.17, 15) is 24.8 Å². The lowest BCUT2D eigenvalue weighted by Crippen LogP contribution is -2.44. The lowest BCUT2D eigenvalue weighted by molar-refractivity contribution is -0.385. The van der Waals surface area contributed by atoms with Crippen LogP contribution in [0, 0.1) is 10.1 Å². The highest BCUT2D eigenvalue weighted by atomic mass is 16.6. The third-order valence-electron chi connectivity index (χ3n) is 10.2. The first-order valence-corrected chi connectivity index (χ1v) is 17.6. The second-order valence-corrected chi connectivity index (χ2v) is 13.7. The van der Waals surface area contributed by atoms with Crippen molar-refractivity contribution < 1.29 is 29.0 Å². The summed E-state index contributed by atoms with van der Waals surface area (Å²) in [5.41, 5.74) is 4.18. The number of rotatable bonds is 9. The number of cyclic esters (lactones) is 1. The number of hydrogen-bond donors (Lipinski definition) is 1. The van der Waals surface area contributed by atoms with Gasteiger partial charge in [-0.1, -0.05) is 49.4 Å². The van der Waals surface area contributed by atoms with Crippen LogP contribution in [0.1, 0.15) is 48.6 Å². The Kier molecular flexibility index (Phi) is 8.41. The summed E-state index contributed by atoms with van der Waals surface area (Å²) in [6.07, 6.45) is -0.479. The largest absolute Gasteiger partial charge is 0.484 e. The summed E-state index contributed by atoms with van der Waals surface area (Å²) in [5, 5.41) is 24.0. The van der Waals surface area contributed by atoms with Crippen LogP contribution in [-0.4, -0.2) is 39.6 Å². The molecule has 0 saturated carbocycles. The van der Waals surface area contributed by atoms with E-state index in [1.54, 1.807) is 41.8 Å². The molecule has 12 nitrogen and oxygen atoms in total. The first-order chi connectivity index (χ1) is 26.0. The lowest BCUT2D eigenvalue weighted by Gasteiger charge is -2.31. The number of hydrogen-bond acceptors (Lipinski definition) is 10. The summed E-state index contributed by atoms with van der Waals surface area (Å²) >= 11 is 0. The molecular weight excluding hydrogens is 688 g/mol. The van der Waals surface area contributed by atoms with Gasteiger partial charge in [0, 0.05) is 36.7 Å². The number of carbonyl (C=O) groups is 1. The molecule has 0 aliphatic carbocycles. The van der Waals surface area contributed by atoms with Crippen LogP contribution < -0.4 is 19.9 Å². The summed E-state index contributed by atoms with van der Waals surface area (Å²) in [6, 6.07) is 29.3. The monoisotopic (exact) mass is 724 g/mol. The number of aliphatic hydroxyl groups is 1. The third-order valence-corrected chi connectivity index (χ3v) is 10.2. The van der Waals surface area contributed by atoms with Crippen molar-refractivity contribution in [3.05, 3.63) is 140 Å². The van der Waals surface area contributed by atoms with Gasteiger partial charge in [0.25, 0.3) is 5.56 Å².